The van der Waals surface area contributed by atoms with Gasteiger partial charge in [-0.1, -0.05) is 0 Å². The molecule has 0 saturated carbocycles. The molecule has 0 radical (unpaired) electrons. The van der Waals surface area contributed by atoms with E-state index in [1.54, 1.807) is 11.3 Å². The molecular weight excluding hydrogens is 190 g/mol. The van der Waals surface area contributed by atoms with Crippen LogP contribution < -0.4 is 0 Å². The number of rotatable bonds is 1. The molecule has 3 aromatic rings. The van der Waals surface area contributed by atoms with Gasteiger partial charge in [-0.25, -0.2) is 0 Å². The molecule has 0 spiro atoms. The first kappa shape index (κ1) is 7.83. The maximum atomic E-state index is 2.21. The van der Waals surface area contributed by atoms with E-state index in [1.165, 1.54) is 15.8 Å². The lowest BCUT2D eigenvalue weighted by Gasteiger charge is -2.01. The van der Waals surface area contributed by atoms with Crippen molar-refractivity contribution in [3.05, 3.63) is 54.2 Å². The summed E-state index contributed by atoms with van der Waals surface area (Å²) in [4.78, 5) is 0. The molecule has 68 valence electrons. The molecule has 0 amide bonds. The smallest absolute Gasteiger partial charge is 0.0456 e. The van der Waals surface area contributed by atoms with Crippen molar-refractivity contribution in [2.24, 2.45) is 0 Å². The van der Waals surface area contributed by atoms with Gasteiger partial charge in [0, 0.05) is 22.8 Å². The van der Waals surface area contributed by atoms with Crippen molar-refractivity contribution in [1.82, 2.24) is 4.57 Å². The molecule has 2 heterocycles. The van der Waals surface area contributed by atoms with Gasteiger partial charge in [-0.05, 0) is 47.2 Å². The fraction of sp³-hybridized carbons (Fsp3) is 0. The van der Waals surface area contributed by atoms with E-state index in [0.29, 0.717) is 0 Å². The van der Waals surface area contributed by atoms with E-state index in [9.17, 15) is 0 Å². The molecule has 0 unspecified atom stereocenters. The number of hydrogen-bond donors (Lipinski definition) is 0. The topological polar surface area (TPSA) is 4.93 Å². The molecule has 1 nitrogen and oxygen atoms in total. The summed E-state index contributed by atoms with van der Waals surface area (Å²) in [7, 11) is 0. The van der Waals surface area contributed by atoms with Crippen molar-refractivity contribution in [1.29, 1.82) is 0 Å². The van der Waals surface area contributed by atoms with Crippen LogP contribution in [-0.2, 0) is 0 Å². The third-order valence-corrected chi connectivity index (χ3v) is 3.24. The Bertz CT molecular complexity index is 548. The summed E-state index contributed by atoms with van der Waals surface area (Å²) in [5, 5.41) is 3.45. The lowest BCUT2D eigenvalue weighted by atomic mass is 10.2. The molecule has 0 aliphatic heterocycles. The van der Waals surface area contributed by atoms with Crippen molar-refractivity contribution in [3.63, 3.8) is 0 Å². The van der Waals surface area contributed by atoms with Crippen LogP contribution in [-0.4, -0.2) is 4.57 Å². The molecule has 2 aromatic heterocycles. The maximum absolute atomic E-state index is 2.21. The van der Waals surface area contributed by atoms with Gasteiger partial charge >= 0.3 is 0 Å². The summed E-state index contributed by atoms with van der Waals surface area (Å²) < 4.78 is 3.47. The summed E-state index contributed by atoms with van der Waals surface area (Å²) in [6.45, 7) is 0. The number of hydrogen-bond acceptors (Lipinski definition) is 1. The second-order valence-corrected chi connectivity index (χ2v) is 4.18. The third kappa shape index (κ3) is 1.16. The normalized spacial score (nSPS) is 10.9. The summed E-state index contributed by atoms with van der Waals surface area (Å²) in [5.74, 6) is 0. The Kier molecular flexibility index (Phi) is 1.67. The maximum Gasteiger partial charge on any atom is 0.0456 e. The summed E-state index contributed by atoms with van der Waals surface area (Å²) >= 11 is 1.78. The van der Waals surface area contributed by atoms with Crippen molar-refractivity contribution >= 4 is 21.4 Å². The quantitative estimate of drug-likeness (QED) is 0.563. The van der Waals surface area contributed by atoms with Gasteiger partial charge in [-0.2, -0.15) is 0 Å². The van der Waals surface area contributed by atoms with Gasteiger partial charge in [-0.3, -0.25) is 0 Å². The van der Waals surface area contributed by atoms with Crippen LogP contribution in [0.1, 0.15) is 0 Å². The van der Waals surface area contributed by atoms with E-state index in [1.807, 2.05) is 12.1 Å². The standard InChI is InChI=1S/C12H9NS/c1-2-7-13(6-1)11-3-4-12-10(9-11)5-8-14-12/h1-9H. The van der Waals surface area contributed by atoms with Crippen LogP contribution in [0.2, 0.25) is 0 Å². The second-order valence-electron chi connectivity index (χ2n) is 3.23. The Morgan fingerprint density at radius 3 is 2.71 bits per heavy atom. The zero-order valence-electron chi connectivity index (χ0n) is 7.55. The van der Waals surface area contributed by atoms with Crippen LogP contribution in [0.25, 0.3) is 15.8 Å². The van der Waals surface area contributed by atoms with Gasteiger partial charge in [0.15, 0.2) is 0 Å². The third-order valence-electron chi connectivity index (χ3n) is 2.34. The molecule has 3 rings (SSSR count). The average Bonchev–Trinajstić information content (AvgIpc) is 2.88. The van der Waals surface area contributed by atoms with Crippen LogP contribution in [0.4, 0.5) is 0 Å². The highest BCUT2D eigenvalue weighted by Crippen LogP contribution is 2.23. The molecule has 14 heavy (non-hydrogen) atoms. The SMILES string of the molecule is c1ccn(-c2ccc3sccc3c2)c1. The van der Waals surface area contributed by atoms with Crippen LogP contribution in [0.3, 0.4) is 0 Å². The largest absolute Gasteiger partial charge is 0.324 e. The van der Waals surface area contributed by atoms with E-state index < -0.39 is 0 Å². The predicted molar refractivity (Wildman–Crippen MR) is 61.2 cm³/mol. The van der Waals surface area contributed by atoms with E-state index in [0.717, 1.165) is 0 Å². The van der Waals surface area contributed by atoms with E-state index in [-0.39, 0.29) is 0 Å². The first-order chi connectivity index (χ1) is 6.93. The van der Waals surface area contributed by atoms with Gasteiger partial charge in [-0.15, -0.1) is 11.3 Å². The Morgan fingerprint density at radius 2 is 1.86 bits per heavy atom. The molecule has 0 N–H and O–H groups in total. The van der Waals surface area contributed by atoms with Crippen LogP contribution in [0, 0.1) is 0 Å². The molecule has 0 saturated heterocycles. The zero-order chi connectivity index (χ0) is 9.38. The minimum Gasteiger partial charge on any atom is -0.324 e. The predicted octanol–water partition coefficient (Wildman–Crippen LogP) is 3.69. The Labute approximate surface area is 86.2 Å². The van der Waals surface area contributed by atoms with Gasteiger partial charge in [0.2, 0.25) is 0 Å². The highest BCUT2D eigenvalue weighted by atomic mass is 32.1. The highest BCUT2D eigenvalue weighted by Gasteiger charge is 1.97. The zero-order valence-corrected chi connectivity index (χ0v) is 8.37. The molecule has 0 atom stereocenters. The van der Waals surface area contributed by atoms with Gasteiger partial charge in [0.1, 0.15) is 0 Å². The van der Waals surface area contributed by atoms with Crippen LogP contribution in [0.5, 0.6) is 0 Å². The molecule has 2 heteroatoms. The van der Waals surface area contributed by atoms with E-state index >= 15 is 0 Å². The first-order valence-corrected chi connectivity index (χ1v) is 5.42. The van der Waals surface area contributed by atoms with Gasteiger partial charge in [0.25, 0.3) is 0 Å². The monoisotopic (exact) mass is 199 g/mol. The van der Waals surface area contributed by atoms with Crippen molar-refractivity contribution in [2.45, 2.75) is 0 Å². The van der Waals surface area contributed by atoms with Gasteiger partial charge < -0.3 is 4.57 Å². The number of aromatic nitrogens is 1. The Hall–Kier alpha value is -1.54. The lowest BCUT2D eigenvalue weighted by Crippen LogP contribution is -1.87. The average molecular weight is 199 g/mol. The molecule has 0 bridgehead atoms. The lowest BCUT2D eigenvalue weighted by molar-refractivity contribution is 1.08. The second kappa shape index (κ2) is 3.00. The molecule has 0 aliphatic rings. The number of nitrogens with zero attached hydrogens (tertiary/aromatic N) is 1. The summed E-state index contributed by atoms with van der Waals surface area (Å²) in [5.41, 5.74) is 1.22. The van der Waals surface area contributed by atoms with Gasteiger partial charge in [0.05, 0.1) is 0 Å². The molecular formula is C12H9NS. The van der Waals surface area contributed by atoms with Crippen molar-refractivity contribution < 1.29 is 0 Å². The van der Waals surface area contributed by atoms with Crippen LogP contribution in [0.15, 0.2) is 54.2 Å². The van der Waals surface area contributed by atoms with Crippen molar-refractivity contribution in [2.75, 3.05) is 0 Å². The summed E-state index contributed by atoms with van der Waals surface area (Å²) in [6, 6.07) is 12.8. The molecule has 1 aromatic carbocycles. The Morgan fingerprint density at radius 1 is 1.00 bits per heavy atom. The summed E-state index contributed by atoms with van der Waals surface area (Å²) in [6.07, 6.45) is 4.13. The minimum absolute atomic E-state index is 1.22. The number of benzene rings is 1. The fourth-order valence-corrected chi connectivity index (χ4v) is 2.39. The Balaban J connectivity index is 2.23. The van der Waals surface area contributed by atoms with E-state index in [2.05, 4.69) is 46.6 Å². The van der Waals surface area contributed by atoms with E-state index in [4.69, 9.17) is 0 Å². The molecule has 0 aliphatic carbocycles. The number of fused-ring (bicyclic) bond motifs is 1. The van der Waals surface area contributed by atoms with Crippen LogP contribution >= 0.6 is 11.3 Å². The number of thiophene rings is 1. The fourth-order valence-electron chi connectivity index (χ4n) is 1.62. The molecule has 0 fully saturated rings. The first-order valence-electron chi connectivity index (χ1n) is 4.54. The highest BCUT2D eigenvalue weighted by molar-refractivity contribution is 7.17. The minimum atomic E-state index is 1.22. The van der Waals surface area contributed by atoms with Crippen molar-refractivity contribution in [3.8, 4) is 5.69 Å².